The van der Waals surface area contributed by atoms with Gasteiger partial charge in [-0.25, -0.2) is 0 Å². The fourth-order valence-electron chi connectivity index (χ4n) is 4.91. The molecular weight excluding hydrogens is 379 g/mol. The van der Waals surface area contributed by atoms with Gasteiger partial charge in [0.2, 0.25) is 0 Å². The van der Waals surface area contributed by atoms with Crippen molar-refractivity contribution in [3.63, 3.8) is 0 Å². The first-order valence-corrected chi connectivity index (χ1v) is 10.3. The number of nitrogens with zero attached hydrogens (tertiary/aromatic N) is 1. The van der Waals surface area contributed by atoms with Gasteiger partial charge in [0.25, 0.3) is 0 Å². The number of benzene rings is 2. The van der Waals surface area contributed by atoms with E-state index in [1.54, 1.807) is 0 Å². The fourth-order valence-corrected chi connectivity index (χ4v) is 5.23. The van der Waals surface area contributed by atoms with Crippen LogP contribution in [0.4, 0.5) is 0 Å². The minimum atomic E-state index is 0.0289. The highest BCUT2D eigenvalue weighted by molar-refractivity contribution is 6.42. The Morgan fingerprint density at radius 1 is 1.19 bits per heavy atom. The van der Waals surface area contributed by atoms with E-state index in [9.17, 15) is 5.11 Å². The molecule has 0 radical (unpaired) electrons. The molecule has 2 N–H and O–H groups in total. The lowest BCUT2D eigenvalue weighted by Crippen LogP contribution is -2.66. The zero-order chi connectivity index (χ0) is 19.2. The third-order valence-corrected chi connectivity index (χ3v) is 7.26. The molecule has 1 aliphatic carbocycles. The van der Waals surface area contributed by atoms with Crippen LogP contribution in [-0.4, -0.2) is 42.2 Å². The van der Waals surface area contributed by atoms with Crippen LogP contribution >= 0.6 is 23.2 Å². The number of nitrogens with one attached hydrogen (secondary N) is 1. The zero-order valence-electron chi connectivity index (χ0n) is 15.8. The van der Waals surface area contributed by atoms with Gasteiger partial charge in [-0.05, 0) is 80.4 Å². The molecule has 3 atom stereocenters. The highest BCUT2D eigenvalue weighted by Crippen LogP contribution is 2.45. The minimum absolute atomic E-state index is 0.0289. The molecule has 1 aliphatic heterocycles. The lowest BCUT2D eigenvalue weighted by Gasteiger charge is -2.55. The monoisotopic (exact) mass is 404 g/mol. The van der Waals surface area contributed by atoms with Crippen LogP contribution in [0.1, 0.15) is 30.0 Å². The van der Waals surface area contributed by atoms with E-state index in [0.717, 1.165) is 32.4 Å². The van der Waals surface area contributed by atoms with Gasteiger partial charge in [-0.2, -0.15) is 0 Å². The molecule has 1 fully saturated rings. The van der Waals surface area contributed by atoms with Gasteiger partial charge in [0, 0.05) is 17.5 Å². The fraction of sp³-hybridized carbons (Fsp3) is 0.455. The Morgan fingerprint density at radius 2 is 2.00 bits per heavy atom. The second kappa shape index (κ2) is 7.29. The van der Waals surface area contributed by atoms with E-state index in [2.05, 4.69) is 30.3 Å². The summed E-state index contributed by atoms with van der Waals surface area (Å²) in [4.78, 5) is 2.48. The summed E-state index contributed by atoms with van der Waals surface area (Å²) in [7, 11) is 2.23. The number of likely N-dealkylation sites (tertiary alicyclic amines) is 1. The predicted octanol–water partition coefficient (Wildman–Crippen LogP) is 4.42. The molecule has 4 rings (SSSR count). The SMILES string of the molecule is CN1CCC2(C)c3cc(O)ccc3CC1C2NCCc1ccc(Cl)c(Cl)c1. The highest BCUT2D eigenvalue weighted by atomic mass is 35.5. The van der Waals surface area contributed by atoms with Crippen LogP contribution in [-0.2, 0) is 18.3 Å². The lowest BCUT2D eigenvalue weighted by atomic mass is 9.61. The molecule has 3 nitrogen and oxygen atoms in total. The lowest BCUT2D eigenvalue weighted by molar-refractivity contribution is 0.0663. The molecule has 5 heteroatoms. The van der Waals surface area contributed by atoms with Crippen molar-refractivity contribution in [3.05, 3.63) is 63.1 Å². The number of likely N-dealkylation sites (N-methyl/N-ethyl adjacent to an activating group) is 1. The van der Waals surface area contributed by atoms with Crippen molar-refractivity contribution in [1.29, 1.82) is 0 Å². The molecule has 0 spiro atoms. The second-order valence-corrected chi connectivity index (χ2v) is 9.01. The van der Waals surface area contributed by atoms with Crippen LogP contribution in [0.5, 0.6) is 5.75 Å². The van der Waals surface area contributed by atoms with Crippen LogP contribution in [0.25, 0.3) is 0 Å². The first kappa shape index (κ1) is 19.1. The molecule has 2 aromatic carbocycles. The van der Waals surface area contributed by atoms with Gasteiger partial charge >= 0.3 is 0 Å². The average molecular weight is 405 g/mol. The molecule has 0 amide bonds. The molecular formula is C22H26Cl2N2O. The minimum Gasteiger partial charge on any atom is -0.508 e. The van der Waals surface area contributed by atoms with Crippen molar-refractivity contribution in [1.82, 2.24) is 10.2 Å². The van der Waals surface area contributed by atoms with E-state index >= 15 is 0 Å². The summed E-state index contributed by atoms with van der Waals surface area (Å²) in [6.45, 7) is 4.32. The molecule has 1 saturated heterocycles. The standard InChI is InChI=1S/C22H26Cl2N2O/c1-22-8-10-26(2)20(12-15-4-5-16(27)13-17(15)22)21(22)25-9-7-14-3-6-18(23)19(24)11-14/h3-6,11,13,20-21,25,27H,7-10,12H2,1-2H3. The van der Waals surface area contributed by atoms with Gasteiger partial charge < -0.3 is 15.3 Å². The summed E-state index contributed by atoms with van der Waals surface area (Å²) in [5.74, 6) is 0.363. The van der Waals surface area contributed by atoms with Crippen molar-refractivity contribution >= 4 is 23.2 Å². The number of phenolic OH excluding ortho intramolecular Hbond substituents is 1. The average Bonchev–Trinajstić information content (AvgIpc) is 2.64. The smallest absolute Gasteiger partial charge is 0.115 e. The Kier molecular flexibility index (Phi) is 5.15. The van der Waals surface area contributed by atoms with Crippen molar-refractivity contribution in [2.75, 3.05) is 20.1 Å². The highest BCUT2D eigenvalue weighted by Gasteiger charge is 2.49. The van der Waals surface area contributed by atoms with E-state index in [1.165, 1.54) is 16.7 Å². The Labute approximate surface area is 171 Å². The third-order valence-electron chi connectivity index (χ3n) is 6.52. The van der Waals surface area contributed by atoms with Gasteiger partial charge in [-0.1, -0.05) is 42.3 Å². The summed E-state index contributed by atoms with van der Waals surface area (Å²) in [6.07, 6.45) is 3.01. The topological polar surface area (TPSA) is 35.5 Å². The van der Waals surface area contributed by atoms with Crippen LogP contribution in [0.2, 0.25) is 10.0 Å². The normalized spacial score (nSPS) is 27.4. The van der Waals surface area contributed by atoms with Gasteiger partial charge in [0.05, 0.1) is 10.0 Å². The number of hydrogen-bond acceptors (Lipinski definition) is 3. The summed E-state index contributed by atoms with van der Waals surface area (Å²) < 4.78 is 0. The molecule has 2 bridgehead atoms. The molecule has 144 valence electrons. The van der Waals surface area contributed by atoms with Gasteiger partial charge in [0.15, 0.2) is 0 Å². The maximum absolute atomic E-state index is 10.1. The Bertz CT molecular complexity index is 856. The van der Waals surface area contributed by atoms with Gasteiger partial charge in [-0.15, -0.1) is 0 Å². The molecule has 0 aromatic heterocycles. The van der Waals surface area contributed by atoms with Crippen LogP contribution in [0.3, 0.4) is 0 Å². The molecule has 1 heterocycles. The first-order valence-electron chi connectivity index (χ1n) is 9.58. The van der Waals surface area contributed by atoms with Crippen LogP contribution in [0, 0.1) is 0 Å². The third kappa shape index (κ3) is 3.47. The Morgan fingerprint density at radius 3 is 2.78 bits per heavy atom. The number of fused-ring (bicyclic) bond motifs is 4. The molecule has 2 aliphatic rings. The zero-order valence-corrected chi connectivity index (χ0v) is 17.3. The maximum atomic E-state index is 10.1. The van der Waals surface area contributed by atoms with Crippen LogP contribution in [0.15, 0.2) is 36.4 Å². The van der Waals surface area contributed by atoms with E-state index < -0.39 is 0 Å². The number of rotatable bonds is 4. The summed E-state index contributed by atoms with van der Waals surface area (Å²) in [5, 5.41) is 15.1. The number of phenols is 1. The first-order chi connectivity index (χ1) is 12.9. The van der Waals surface area contributed by atoms with Crippen molar-refractivity contribution < 1.29 is 5.11 Å². The van der Waals surface area contributed by atoms with E-state index in [1.807, 2.05) is 30.3 Å². The second-order valence-electron chi connectivity index (χ2n) is 8.19. The number of hydrogen-bond donors (Lipinski definition) is 2. The van der Waals surface area contributed by atoms with Crippen molar-refractivity contribution in [3.8, 4) is 5.75 Å². The largest absolute Gasteiger partial charge is 0.508 e. The Balaban J connectivity index is 1.55. The summed E-state index contributed by atoms with van der Waals surface area (Å²) >= 11 is 12.2. The van der Waals surface area contributed by atoms with E-state index in [-0.39, 0.29) is 5.41 Å². The molecule has 3 unspecified atom stereocenters. The molecule has 27 heavy (non-hydrogen) atoms. The molecule has 0 saturated carbocycles. The van der Waals surface area contributed by atoms with Crippen molar-refractivity contribution in [2.24, 2.45) is 0 Å². The summed E-state index contributed by atoms with van der Waals surface area (Å²) in [6, 6.07) is 12.6. The van der Waals surface area contributed by atoms with Gasteiger partial charge in [0.1, 0.15) is 5.75 Å². The predicted molar refractivity (Wildman–Crippen MR) is 112 cm³/mol. The van der Waals surface area contributed by atoms with Crippen molar-refractivity contribution in [2.45, 2.75) is 43.7 Å². The maximum Gasteiger partial charge on any atom is 0.115 e. The van der Waals surface area contributed by atoms with E-state index in [4.69, 9.17) is 23.2 Å². The number of aromatic hydroxyl groups is 1. The number of piperidine rings is 1. The van der Waals surface area contributed by atoms with E-state index in [0.29, 0.717) is 27.9 Å². The number of halogens is 2. The van der Waals surface area contributed by atoms with Crippen LogP contribution < -0.4 is 5.32 Å². The molecule has 2 aromatic rings. The van der Waals surface area contributed by atoms with Gasteiger partial charge in [-0.3, -0.25) is 0 Å². The Hall–Kier alpha value is -1.26. The summed E-state index contributed by atoms with van der Waals surface area (Å²) in [5.41, 5.74) is 3.89. The quantitative estimate of drug-likeness (QED) is 0.791.